The Balaban J connectivity index is 2.11. The molecule has 0 radical (unpaired) electrons. The van der Waals surface area contributed by atoms with Crippen molar-refractivity contribution in [3.8, 4) is 0 Å². The third-order valence-electron chi connectivity index (χ3n) is 3.72. The summed E-state index contributed by atoms with van der Waals surface area (Å²) in [6.45, 7) is 2.78. The van der Waals surface area contributed by atoms with E-state index in [1.54, 1.807) is 0 Å². The van der Waals surface area contributed by atoms with Gasteiger partial charge in [-0.1, -0.05) is 42.4 Å². The van der Waals surface area contributed by atoms with Crippen molar-refractivity contribution in [2.75, 3.05) is 13.1 Å². The van der Waals surface area contributed by atoms with Crippen molar-refractivity contribution in [3.05, 3.63) is 35.9 Å². The van der Waals surface area contributed by atoms with Crippen LogP contribution in [0.3, 0.4) is 0 Å². The Bertz CT molecular complexity index is 569. The Labute approximate surface area is 120 Å². The van der Waals surface area contributed by atoms with Gasteiger partial charge >= 0.3 is 0 Å². The van der Waals surface area contributed by atoms with Gasteiger partial charge in [-0.05, 0) is 12.0 Å². The molecule has 1 saturated heterocycles. The molecule has 0 aliphatic carbocycles. The van der Waals surface area contributed by atoms with Crippen molar-refractivity contribution >= 4 is 15.7 Å². The molecule has 1 unspecified atom stereocenters. The summed E-state index contributed by atoms with van der Waals surface area (Å²) in [5.41, 5.74) is 1.50. The average molecular weight is 296 g/mol. The molecule has 1 heterocycles. The van der Waals surface area contributed by atoms with Crippen LogP contribution in [0.5, 0.6) is 0 Å². The van der Waals surface area contributed by atoms with Crippen molar-refractivity contribution < 1.29 is 13.6 Å². The molecule has 0 bridgehead atoms. The lowest BCUT2D eigenvalue weighted by Crippen LogP contribution is -2.44. The fourth-order valence-electron chi connectivity index (χ4n) is 2.51. The molecule has 0 spiro atoms. The predicted molar refractivity (Wildman–Crippen MR) is 78.3 cm³/mol. The molecule has 1 aliphatic heterocycles. The van der Waals surface area contributed by atoms with Gasteiger partial charge in [-0.15, -0.1) is 0 Å². The highest BCUT2D eigenvalue weighted by Crippen LogP contribution is 2.21. The van der Waals surface area contributed by atoms with Gasteiger partial charge < -0.3 is 5.21 Å². The number of hydrogen-bond donors (Lipinski definition) is 1. The molecule has 1 N–H and O–H groups in total. The van der Waals surface area contributed by atoms with Crippen LogP contribution in [0.1, 0.15) is 25.3 Å². The Morgan fingerprint density at radius 1 is 1.35 bits per heavy atom. The van der Waals surface area contributed by atoms with E-state index in [2.05, 4.69) is 5.16 Å². The highest BCUT2D eigenvalue weighted by molar-refractivity contribution is 7.88. The molecule has 1 aromatic carbocycles. The summed E-state index contributed by atoms with van der Waals surface area (Å²) in [6, 6.07) is 9.19. The molecule has 1 fully saturated rings. The molecule has 110 valence electrons. The number of oxime groups is 1. The van der Waals surface area contributed by atoms with Crippen molar-refractivity contribution in [1.82, 2.24) is 4.31 Å². The summed E-state index contributed by atoms with van der Waals surface area (Å²) in [5.74, 6) is 0.0369. The summed E-state index contributed by atoms with van der Waals surface area (Å²) in [5, 5.41) is 12.2. The van der Waals surface area contributed by atoms with Crippen LogP contribution in [-0.2, 0) is 15.8 Å². The molecular formula is C14H20N2O3S. The standard InChI is InChI=1S/C14H20N2O3S/c1-2-13-10-16(9-8-14(13)15-17)20(18,19)11-12-6-4-3-5-7-12/h3-7,13,17H,2,8-11H2,1H3/b15-14+. The second-order valence-corrected chi connectivity index (χ2v) is 7.02. The van der Waals surface area contributed by atoms with E-state index in [1.165, 1.54) is 4.31 Å². The number of sulfonamides is 1. The zero-order valence-corrected chi connectivity index (χ0v) is 12.4. The third-order valence-corrected chi connectivity index (χ3v) is 5.54. The minimum Gasteiger partial charge on any atom is -0.411 e. The number of nitrogens with zero attached hydrogens (tertiary/aromatic N) is 2. The van der Waals surface area contributed by atoms with E-state index in [9.17, 15) is 8.42 Å². The molecule has 0 saturated carbocycles. The van der Waals surface area contributed by atoms with Gasteiger partial charge in [-0.25, -0.2) is 12.7 Å². The van der Waals surface area contributed by atoms with E-state index >= 15 is 0 Å². The van der Waals surface area contributed by atoms with E-state index in [-0.39, 0.29) is 11.7 Å². The zero-order valence-electron chi connectivity index (χ0n) is 11.6. The Hall–Kier alpha value is -1.40. The molecule has 1 aliphatic rings. The lowest BCUT2D eigenvalue weighted by molar-refractivity contribution is 0.295. The van der Waals surface area contributed by atoms with Crippen molar-refractivity contribution in [2.45, 2.75) is 25.5 Å². The van der Waals surface area contributed by atoms with E-state index in [0.29, 0.717) is 25.2 Å². The van der Waals surface area contributed by atoms with E-state index < -0.39 is 10.0 Å². The van der Waals surface area contributed by atoms with E-state index in [4.69, 9.17) is 5.21 Å². The maximum atomic E-state index is 12.4. The van der Waals surface area contributed by atoms with Crippen LogP contribution in [0.4, 0.5) is 0 Å². The average Bonchev–Trinajstić information content (AvgIpc) is 2.47. The molecule has 6 heteroatoms. The summed E-state index contributed by atoms with van der Waals surface area (Å²) in [7, 11) is -3.31. The highest BCUT2D eigenvalue weighted by atomic mass is 32.2. The van der Waals surface area contributed by atoms with Crippen LogP contribution in [0.15, 0.2) is 35.5 Å². The first kappa shape index (κ1) is 15.0. The quantitative estimate of drug-likeness (QED) is 0.683. The largest absolute Gasteiger partial charge is 0.411 e. The molecule has 2 rings (SSSR count). The van der Waals surface area contributed by atoms with Crippen LogP contribution >= 0.6 is 0 Å². The molecule has 1 atom stereocenters. The van der Waals surface area contributed by atoms with E-state index in [0.717, 1.165) is 12.0 Å². The smallest absolute Gasteiger partial charge is 0.218 e. The van der Waals surface area contributed by atoms with Crippen LogP contribution in [0, 0.1) is 5.92 Å². The first-order valence-electron chi connectivity index (χ1n) is 6.79. The fraction of sp³-hybridized carbons (Fsp3) is 0.500. The van der Waals surface area contributed by atoms with Gasteiger partial charge in [0.25, 0.3) is 0 Å². The fourth-order valence-corrected chi connectivity index (χ4v) is 4.08. The van der Waals surface area contributed by atoms with Crippen LogP contribution in [0.2, 0.25) is 0 Å². The molecule has 5 nitrogen and oxygen atoms in total. The molecule has 0 amide bonds. The van der Waals surface area contributed by atoms with Crippen LogP contribution in [0.25, 0.3) is 0 Å². The molecule has 20 heavy (non-hydrogen) atoms. The van der Waals surface area contributed by atoms with Gasteiger partial charge in [0.15, 0.2) is 0 Å². The summed E-state index contributed by atoms with van der Waals surface area (Å²) in [6.07, 6.45) is 1.28. The Kier molecular flexibility index (Phi) is 4.77. The maximum absolute atomic E-state index is 12.4. The number of piperidine rings is 1. The second kappa shape index (κ2) is 6.37. The van der Waals surface area contributed by atoms with E-state index in [1.807, 2.05) is 37.3 Å². The second-order valence-electron chi connectivity index (χ2n) is 5.05. The van der Waals surface area contributed by atoms with Gasteiger partial charge in [0.05, 0.1) is 11.5 Å². The molecule has 1 aromatic rings. The number of hydrogen-bond acceptors (Lipinski definition) is 4. The van der Waals surface area contributed by atoms with Crippen molar-refractivity contribution in [1.29, 1.82) is 0 Å². The Morgan fingerprint density at radius 2 is 2.05 bits per heavy atom. The SMILES string of the molecule is CCC1CN(S(=O)(=O)Cc2ccccc2)CC/C1=N\O. The van der Waals surface area contributed by atoms with Crippen molar-refractivity contribution in [2.24, 2.45) is 11.1 Å². The minimum absolute atomic E-state index is 0.0132. The minimum atomic E-state index is -3.31. The number of benzene rings is 1. The predicted octanol–water partition coefficient (Wildman–Crippen LogP) is 2.08. The number of rotatable bonds is 4. The van der Waals surface area contributed by atoms with Crippen molar-refractivity contribution in [3.63, 3.8) is 0 Å². The summed E-state index contributed by atoms with van der Waals surface area (Å²) >= 11 is 0. The first-order valence-corrected chi connectivity index (χ1v) is 8.40. The summed E-state index contributed by atoms with van der Waals surface area (Å²) in [4.78, 5) is 0. The summed E-state index contributed by atoms with van der Waals surface area (Å²) < 4.78 is 26.4. The molecule has 0 aromatic heterocycles. The monoisotopic (exact) mass is 296 g/mol. The maximum Gasteiger partial charge on any atom is 0.218 e. The van der Waals surface area contributed by atoms with Crippen LogP contribution in [-0.4, -0.2) is 36.7 Å². The van der Waals surface area contributed by atoms with Gasteiger partial charge in [0.1, 0.15) is 0 Å². The van der Waals surface area contributed by atoms with Gasteiger partial charge in [-0.3, -0.25) is 0 Å². The lowest BCUT2D eigenvalue weighted by Gasteiger charge is -2.32. The molecular weight excluding hydrogens is 276 g/mol. The van der Waals surface area contributed by atoms with Gasteiger partial charge in [0.2, 0.25) is 10.0 Å². The normalized spacial score (nSPS) is 23.1. The first-order chi connectivity index (χ1) is 9.56. The lowest BCUT2D eigenvalue weighted by atomic mass is 9.95. The third kappa shape index (κ3) is 3.37. The zero-order chi connectivity index (χ0) is 14.6. The topological polar surface area (TPSA) is 70.0 Å². The van der Waals surface area contributed by atoms with Gasteiger partial charge in [0, 0.05) is 25.4 Å². The van der Waals surface area contributed by atoms with Crippen LogP contribution < -0.4 is 0 Å². The Morgan fingerprint density at radius 3 is 2.65 bits per heavy atom. The highest BCUT2D eigenvalue weighted by Gasteiger charge is 2.31. The van der Waals surface area contributed by atoms with Gasteiger partial charge in [-0.2, -0.15) is 0 Å².